The van der Waals surface area contributed by atoms with Crippen LogP contribution in [0.25, 0.3) is 0 Å². The third-order valence-electron chi connectivity index (χ3n) is 0. The van der Waals surface area contributed by atoms with Gasteiger partial charge in [0, 0.05) is 0 Å². The molecule has 0 spiro atoms. The minimum absolute atomic E-state index is 0. The van der Waals surface area contributed by atoms with Crippen molar-refractivity contribution in [3.8, 4) is 0 Å². The maximum Gasteiger partial charge on any atom is 1.00 e. The Hall–Kier alpha value is 1.80. The molecule has 0 aliphatic rings. The molecule has 0 aromatic heterocycles. The van der Waals surface area contributed by atoms with Gasteiger partial charge in [-0.3, -0.25) is 0 Å². The molecule has 0 nitrogen and oxygen atoms in total. The zero-order valence-corrected chi connectivity index (χ0v) is 9.77. The van der Waals surface area contributed by atoms with Crippen molar-refractivity contribution in [3.63, 3.8) is 0 Å². The molecule has 48 valence electrons. The van der Waals surface area contributed by atoms with Crippen molar-refractivity contribution in [1.82, 2.24) is 0 Å². The zero-order chi connectivity index (χ0) is 4.50. The van der Waals surface area contributed by atoms with Crippen molar-refractivity contribution in [2.45, 2.75) is 0 Å². The van der Waals surface area contributed by atoms with Crippen molar-refractivity contribution in [1.29, 1.82) is 0 Å². The first-order valence-electron chi connectivity index (χ1n) is 0.756. The van der Waals surface area contributed by atoms with E-state index in [-0.39, 0.29) is 68.5 Å². The molecule has 0 rings (SSSR count). The van der Waals surface area contributed by atoms with E-state index in [4.69, 9.17) is 0 Å². The molecule has 0 aromatic carbocycles. The number of rotatable bonds is 0. The summed E-state index contributed by atoms with van der Waals surface area (Å²) in [6, 6.07) is 0. The molecule has 9 heteroatoms. The second-order valence-electron chi connectivity index (χ2n) is 0.429. The Morgan fingerprint density at radius 1 is 0.667 bits per heavy atom. The van der Waals surface area contributed by atoms with Gasteiger partial charge in [-0.1, -0.05) is 0 Å². The van der Waals surface area contributed by atoms with Crippen molar-refractivity contribution < 1.29 is 85.0 Å². The first-order valence-corrected chi connectivity index (χ1v) is 2.27. The van der Waals surface area contributed by atoms with Gasteiger partial charge in [0.15, 0.2) is 0 Å². The van der Waals surface area contributed by atoms with Gasteiger partial charge in [0.05, 0.1) is 0 Å². The van der Waals surface area contributed by atoms with Gasteiger partial charge in [-0.05, 0) is 0 Å². The van der Waals surface area contributed by atoms with E-state index < -0.39 is 9.41 Å². The standard InChI is InChI=1S/F4Si.2FH.2Na/c1-5(2,3)4;;;;/h;2*1H;;/q;;;2*+1/p-2. The van der Waals surface area contributed by atoms with E-state index in [9.17, 15) is 16.4 Å². The van der Waals surface area contributed by atoms with Gasteiger partial charge in [0.1, 0.15) is 0 Å². The van der Waals surface area contributed by atoms with Crippen molar-refractivity contribution >= 4 is 9.41 Å². The Bertz CT molecular complexity index is 26.5. The normalized spacial score (nSPS) is 6.67. The molecular formula is F6Na2Si. The fourth-order valence-electron chi connectivity index (χ4n) is 0. The van der Waals surface area contributed by atoms with Crippen molar-refractivity contribution in [2.75, 3.05) is 0 Å². The van der Waals surface area contributed by atoms with E-state index in [0.717, 1.165) is 0 Å². The van der Waals surface area contributed by atoms with Crippen LogP contribution in [0.2, 0.25) is 0 Å². The minimum atomic E-state index is -6.61. The molecule has 0 bridgehead atoms. The van der Waals surface area contributed by atoms with Crippen LogP contribution in [0.5, 0.6) is 0 Å². The SMILES string of the molecule is F[Si](F)(F)F.[F-].[F-].[Na+].[Na+]. The molecule has 0 saturated heterocycles. The summed E-state index contributed by atoms with van der Waals surface area (Å²) in [5.74, 6) is 0. The predicted molar refractivity (Wildman–Crippen MR) is 10.2 cm³/mol. The summed E-state index contributed by atoms with van der Waals surface area (Å²) in [5, 5.41) is 0. The zero-order valence-electron chi connectivity index (χ0n) is 4.77. The average molecular weight is 188 g/mol. The third-order valence-corrected chi connectivity index (χ3v) is 0. The second-order valence-corrected chi connectivity index (χ2v) is 1.29. The number of halogens is 6. The van der Waals surface area contributed by atoms with Gasteiger partial charge >= 0.3 is 68.5 Å². The van der Waals surface area contributed by atoms with Crippen LogP contribution in [0.4, 0.5) is 16.4 Å². The van der Waals surface area contributed by atoms with Crippen LogP contribution in [0.1, 0.15) is 0 Å². The van der Waals surface area contributed by atoms with Crippen LogP contribution in [-0.2, 0) is 0 Å². The topological polar surface area (TPSA) is 0 Å². The second kappa shape index (κ2) is 12.5. The number of hydrogen-bond acceptors (Lipinski definition) is 0. The first kappa shape index (κ1) is 30.8. The van der Waals surface area contributed by atoms with Crippen LogP contribution in [0, 0.1) is 0 Å². The molecular weight excluding hydrogens is 188 g/mol. The Labute approximate surface area is 93.4 Å². The van der Waals surface area contributed by atoms with E-state index in [0.29, 0.717) is 0 Å². The van der Waals surface area contributed by atoms with Crippen molar-refractivity contribution in [3.05, 3.63) is 0 Å². The van der Waals surface area contributed by atoms with E-state index in [1.54, 1.807) is 0 Å². The summed E-state index contributed by atoms with van der Waals surface area (Å²) in [5.41, 5.74) is 0. The molecule has 0 fully saturated rings. The molecule has 0 aliphatic heterocycles. The molecule has 0 aliphatic carbocycles. The summed E-state index contributed by atoms with van der Waals surface area (Å²) in [6.45, 7) is 0. The molecule has 0 heterocycles. The van der Waals surface area contributed by atoms with Gasteiger partial charge < -0.3 is 9.41 Å². The monoisotopic (exact) mass is 188 g/mol. The fraction of sp³-hybridized carbons (Fsp3) is 0. The van der Waals surface area contributed by atoms with Crippen LogP contribution in [0.3, 0.4) is 0 Å². The van der Waals surface area contributed by atoms with Gasteiger partial charge in [-0.15, -0.1) is 0 Å². The van der Waals surface area contributed by atoms with E-state index in [1.807, 2.05) is 0 Å². The van der Waals surface area contributed by atoms with E-state index in [1.165, 1.54) is 0 Å². The molecule has 0 aromatic rings. The Morgan fingerprint density at radius 2 is 0.667 bits per heavy atom. The maximum atomic E-state index is 9.83. The third kappa shape index (κ3) is 184. The maximum absolute atomic E-state index is 9.83. The summed E-state index contributed by atoms with van der Waals surface area (Å²) in [6.07, 6.45) is 0. The quantitative estimate of drug-likeness (QED) is 0.201. The summed E-state index contributed by atoms with van der Waals surface area (Å²) >= 11 is 0. The number of hydrogen-bond donors (Lipinski definition) is 0. The molecule has 0 amide bonds. The van der Waals surface area contributed by atoms with Gasteiger partial charge in [-0.2, -0.15) is 0 Å². The molecule has 9 heavy (non-hydrogen) atoms. The van der Waals surface area contributed by atoms with E-state index in [2.05, 4.69) is 0 Å². The van der Waals surface area contributed by atoms with Gasteiger partial charge in [-0.25, -0.2) is 16.4 Å². The summed E-state index contributed by atoms with van der Waals surface area (Å²) in [4.78, 5) is 0. The van der Waals surface area contributed by atoms with Crippen molar-refractivity contribution in [2.24, 2.45) is 0 Å². The van der Waals surface area contributed by atoms with Crippen LogP contribution in [-0.4, -0.2) is 9.41 Å². The Balaban J connectivity index is -0.0000000133. The molecule has 0 atom stereocenters. The average Bonchev–Trinajstić information content (AvgIpc) is 0.722. The van der Waals surface area contributed by atoms with Gasteiger partial charge in [0.25, 0.3) is 0 Å². The molecule has 0 unspecified atom stereocenters. The smallest absolute Gasteiger partial charge is 1.00 e. The Morgan fingerprint density at radius 3 is 0.667 bits per heavy atom. The van der Waals surface area contributed by atoms with Crippen LogP contribution >= 0.6 is 0 Å². The van der Waals surface area contributed by atoms with Gasteiger partial charge in [0.2, 0.25) is 0 Å². The molecule has 0 radical (unpaired) electrons. The molecule has 0 saturated carbocycles. The summed E-state index contributed by atoms with van der Waals surface area (Å²) < 4.78 is 39.3. The summed E-state index contributed by atoms with van der Waals surface area (Å²) in [7, 11) is -6.61. The predicted octanol–water partition coefficient (Wildman–Crippen LogP) is -10.7. The van der Waals surface area contributed by atoms with Crippen LogP contribution in [0.15, 0.2) is 0 Å². The Kier molecular flexibility index (Phi) is 42.7. The molecule has 0 N–H and O–H groups in total. The fourth-order valence-corrected chi connectivity index (χ4v) is 0. The minimum Gasteiger partial charge on any atom is -1.00 e. The van der Waals surface area contributed by atoms with Crippen LogP contribution < -0.4 is 68.5 Å². The largest absolute Gasteiger partial charge is 1.00 e. The first-order chi connectivity index (χ1) is 2.00. The van der Waals surface area contributed by atoms with E-state index >= 15 is 0 Å².